The first-order valence-electron chi connectivity index (χ1n) is 8.73. The van der Waals surface area contributed by atoms with Crippen LogP contribution in [0.3, 0.4) is 0 Å². The molecule has 2 aromatic carbocycles. The van der Waals surface area contributed by atoms with E-state index in [1.54, 1.807) is 12.1 Å². The van der Waals surface area contributed by atoms with Crippen molar-refractivity contribution in [2.45, 2.75) is 19.2 Å². The van der Waals surface area contributed by atoms with E-state index >= 15 is 0 Å². The van der Waals surface area contributed by atoms with Gasteiger partial charge in [-0.3, -0.25) is 9.59 Å². The van der Waals surface area contributed by atoms with E-state index in [1.165, 1.54) is 32.2 Å². The molecule has 0 aliphatic rings. The van der Waals surface area contributed by atoms with Crippen LogP contribution in [0.25, 0.3) is 10.8 Å². The highest BCUT2D eigenvalue weighted by atomic mass is 19.4. The number of nitrogens with zero attached hydrogens (tertiary/aromatic N) is 2. The summed E-state index contributed by atoms with van der Waals surface area (Å²) in [6.45, 7) is 1.27. The predicted molar refractivity (Wildman–Crippen MR) is 102 cm³/mol. The fraction of sp³-hybridized carbons (Fsp3) is 0.200. The highest BCUT2D eigenvalue weighted by Crippen LogP contribution is 2.30. The monoisotopic (exact) mass is 419 g/mol. The van der Waals surface area contributed by atoms with E-state index < -0.39 is 35.3 Å². The van der Waals surface area contributed by atoms with Crippen LogP contribution in [-0.4, -0.2) is 27.8 Å². The van der Waals surface area contributed by atoms with E-state index in [0.717, 1.165) is 22.9 Å². The Hall–Kier alpha value is -3.69. The summed E-state index contributed by atoms with van der Waals surface area (Å²) in [4.78, 5) is 37.0. The molecule has 0 aliphatic heterocycles. The first-order valence-corrected chi connectivity index (χ1v) is 8.73. The van der Waals surface area contributed by atoms with Gasteiger partial charge in [0.15, 0.2) is 11.8 Å². The van der Waals surface area contributed by atoms with Crippen LogP contribution in [0.5, 0.6) is 0 Å². The van der Waals surface area contributed by atoms with Crippen molar-refractivity contribution in [3.63, 3.8) is 0 Å². The summed E-state index contributed by atoms with van der Waals surface area (Å²) < 4.78 is 44.5. The summed E-state index contributed by atoms with van der Waals surface area (Å²) in [5, 5.41) is 6.70. The number of ether oxygens (including phenoxy) is 1. The number of rotatable bonds is 4. The second-order valence-electron chi connectivity index (χ2n) is 6.44. The van der Waals surface area contributed by atoms with Crippen molar-refractivity contribution in [1.82, 2.24) is 9.78 Å². The number of aromatic nitrogens is 2. The number of nitrogens with one attached hydrogen (secondary N) is 1. The highest BCUT2D eigenvalue weighted by molar-refractivity contribution is 6.03. The average molecular weight is 419 g/mol. The molecule has 3 aromatic rings. The summed E-state index contributed by atoms with van der Waals surface area (Å²) >= 11 is 0. The number of hydrogen-bond acceptors (Lipinski definition) is 5. The van der Waals surface area contributed by atoms with Gasteiger partial charge < -0.3 is 10.1 Å². The van der Waals surface area contributed by atoms with Crippen LogP contribution in [0.15, 0.2) is 53.3 Å². The Balaban J connectivity index is 1.78. The first-order chi connectivity index (χ1) is 14.1. The second kappa shape index (κ2) is 7.97. The molecule has 1 atom stereocenters. The summed E-state index contributed by atoms with van der Waals surface area (Å²) in [6.07, 6.45) is -5.89. The molecule has 156 valence electrons. The van der Waals surface area contributed by atoms with Crippen molar-refractivity contribution < 1.29 is 27.5 Å². The van der Waals surface area contributed by atoms with Crippen molar-refractivity contribution >= 4 is 28.3 Å². The van der Waals surface area contributed by atoms with Gasteiger partial charge in [0.05, 0.1) is 10.9 Å². The number of carbonyl (C=O) groups excluding carboxylic acids is 2. The largest absolute Gasteiger partial charge is 0.448 e. The molecular formula is C20H16F3N3O4. The molecule has 1 aromatic heterocycles. The maximum atomic E-state index is 12.8. The average Bonchev–Trinajstić information content (AvgIpc) is 2.70. The Morgan fingerprint density at radius 2 is 1.77 bits per heavy atom. The van der Waals surface area contributed by atoms with Gasteiger partial charge in [-0.1, -0.05) is 24.3 Å². The quantitative estimate of drug-likeness (QED) is 0.657. The van der Waals surface area contributed by atoms with E-state index in [0.29, 0.717) is 0 Å². The Bertz CT molecular complexity index is 1190. The molecular weight excluding hydrogens is 403 g/mol. The predicted octanol–water partition coefficient (Wildman–Crippen LogP) is 3.14. The molecule has 0 fully saturated rings. The van der Waals surface area contributed by atoms with Crippen LogP contribution in [0.1, 0.15) is 23.0 Å². The zero-order chi connectivity index (χ0) is 22.1. The van der Waals surface area contributed by atoms with Crippen molar-refractivity contribution in [3.8, 4) is 0 Å². The van der Waals surface area contributed by atoms with E-state index in [1.807, 2.05) is 0 Å². The van der Waals surface area contributed by atoms with Gasteiger partial charge in [0.1, 0.15) is 0 Å². The van der Waals surface area contributed by atoms with Crippen molar-refractivity contribution in [2.24, 2.45) is 7.05 Å². The molecule has 1 heterocycles. The Morgan fingerprint density at radius 3 is 2.43 bits per heavy atom. The number of anilines is 1. The van der Waals surface area contributed by atoms with Crippen LogP contribution in [0.4, 0.5) is 18.9 Å². The number of amides is 1. The highest BCUT2D eigenvalue weighted by Gasteiger charge is 2.31. The number of esters is 1. The number of carbonyl (C=O) groups is 2. The molecule has 30 heavy (non-hydrogen) atoms. The minimum absolute atomic E-state index is 0.0941. The molecule has 7 nitrogen and oxygen atoms in total. The van der Waals surface area contributed by atoms with Crippen LogP contribution in [0, 0.1) is 0 Å². The van der Waals surface area contributed by atoms with Gasteiger partial charge >= 0.3 is 12.1 Å². The summed E-state index contributed by atoms with van der Waals surface area (Å²) in [7, 11) is 1.37. The molecule has 0 spiro atoms. The second-order valence-corrected chi connectivity index (χ2v) is 6.44. The molecule has 1 amide bonds. The minimum Gasteiger partial charge on any atom is -0.448 e. The van der Waals surface area contributed by atoms with Gasteiger partial charge in [0.2, 0.25) is 0 Å². The van der Waals surface area contributed by atoms with Crippen molar-refractivity contribution in [2.75, 3.05) is 5.32 Å². The SMILES string of the molecule is CC(OC(=O)c1nn(C)c(=O)c2ccccc12)C(=O)Nc1cccc(C(F)(F)F)c1. The molecule has 3 rings (SSSR count). The number of aryl methyl sites for hydroxylation is 1. The fourth-order valence-corrected chi connectivity index (χ4v) is 2.74. The number of benzene rings is 2. The van der Waals surface area contributed by atoms with E-state index in [-0.39, 0.29) is 22.2 Å². The molecule has 0 saturated heterocycles. The van der Waals surface area contributed by atoms with Crippen LogP contribution in [0.2, 0.25) is 0 Å². The third-order valence-electron chi connectivity index (χ3n) is 4.26. The topological polar surface area (TPSA) is 90.3 Å². The van der Waals surface area contributed by atoms with Crippen molar-refractivity contribution in [3.05, 3.63) is 70.1 Å². The van der Waals surface area contributed by atoms with E-state index in [9.17, 15) is 27.6 Å². The third-order valence-corrected chi connectivity index (χ3v) is 4.26. The Kier molecular flexibility index (Phi) is 5.59. The zero-order valence-corrected chi connectivity index (χ0v) is 15.9. The molecule has 0 bridgehead atoms. The van der Waals surface area contributed by atoms with Gasteiger partial charge in [-0.05, 0) is 31.2 Å². The lowest BCUT2D eigenvalue weighted by molar-refractivity contribution is -0.137. The van der Waals surface area contributed by atoms with Gasteiger partial charge in [-0.2, -0.15) is 18.3 Å². The minimum atomic E-state index is -4.56. The molecule has 10 heteroatoms. The van der Waals surface area contributed by atoms with Gasteiger partial charge in [-0.15, -0.1) is 0 Å². The maximum absolute atomic E-state index is 12.8. The summed E-state index contributed by atoms with van der Waals surface area (Å²) in [5.41, 5.74) is -1.59. The third kappa shape index (κ3) is 4.32. The number of alkyl halides is 3. The van der Waals surface area contributed by atoms with Crippen LogP contribution < -0.4 is 10.9 Å². The molecule has 1 unspecified atom stereocenters. The van der Waals surface area contributed by atoms with Crippen LogP contribution in [-0.2, 0) is 22.8 Å². The van der Waals surface area contributed by atoms with E-state index in [2.05, 4.69) is 10.4 Å². The first kappa shape index (κ1) is 21.0. The summed E-state index contributed by atoms with van der Waals surface area (Å²) in [5.74, 6) is -1.77. The number of hydrogen-bond donors (Lipinski definition) is 1. The van der Waals surface area contributed by atoms with E-state index in [4.69, 9.17) is 4.74 Å². The Labute approximate surface area is 168 Å². The van der Waals surface area contributed by atoms with Gasteiger partial charge in [0.25, 0.3) is 11.5 Å². The molecule has 0 aliphatic carbocycles. The van der Waals surface area contributed by atoms with Crippen molar-refractivity contribution in [1.29, 1.82) is 0 Å². The number of fused-ring (bicyclic) bond motifs is 1. The lowest BCUT2D eigenvalue weighted by Crippen LogP contribution is -2.31. The normalized spacial score (nSPS) is 12.4. The summed E-state index contributed by atoms with van der Waals surface area (Å²) in [6, 6.07) is 10.4. The van der Waals surface area contributed by atoms with Gasteiger partial charge in [-0.25, -0.2) is 9.48 Å². The maximum Gasteiger partial charge on any atom is 0.416 e. The molecule has 1 N–H and O–H groups in total. The lowest BCUT2D eigenvalue weighted by atomic mass is 10.1. The lowest BCUT2D eigenvalue weighted by Gasteiger charge is -2.15. The fourth-order valence-electron chi connectivity index (χ4n) is 2.74. The molecule has 0 radical (unpaired) electrons. The zero-order valence-electron chi connectivity index (χ0n) is 15.9. The Morgan fingerprint density at radius 1 is 1.10 bits per heavy atom. The number of halogens is 3. The molecule has 0 saturated carbocycles. The smallest absolute Gasteiger partial charge is 0.416 e. The van der Waals surface area contributed by atoms with Gasteiger partial charge in [0, 0.05) is 18.1 Å². The standard InChI is InChI=1S/C20H16F3N3O4/c1-11(17(27)24-13-7-5-6-12(10-13)20(21,22)23)30-19(29)16-14-8-3-4-9-15(14)18(28)26(2)25-16/h3-11H,1-2H3,(H,24,27). The van der Waals surface area contributed by atoms with Crippen LogP contribution >= 0.6 is 0 Å².